The fourth-order valence-electron chi connectivity index (χ4n) is 2.89. The van der Waals surface area contributed by atoms with Gasteiger partial charge in [-0.15, -0.1) is 10.2 Å². The molecule has 0 bridgehead atoms. The molecule has 33 heavy (non-hydrogen) atoms. The van der Waals surface area contributed by atoms with Crippen LogP contribution in [-0.4, -0.2) is 52.0 Å². The van der Waals surface area contributed by atoms with Crippen LogP contribution >= 0.6 is 11.8 Å². The Hall–Kier alpha value is -3.73. The Bertz CT molecular complexity index is 1170. The topological polar surface area (TPSA) is 115 Å². The van der Waals surface area contributed by atoms with Crippen LogP contribution in [0.4, 0.5) is 10.1 Å². The summed E-state index contributed by atoms with van der Waals surface area (Å²) in [4.78, 5) is 36.0. The van der Waals surface area contributed by atoms with E-state index in [1.807, 2.05) is 0 Å². The average molecular weight is 472 g/mol. The number of amides is 2. The Morgan fingerprint density at radius 3 is 2.67 bits per heavy atom. The maximum Gasteiger partial charge on any atom is 0.337 e. The number of benzene rings is 2. The highest BCUT2D eigenvalue weighted by molar-refractivity contribution is 7.99. The Morgan fingerprint density at radius 2 is 1.91 bits per heavy atom. The van der Waals surface area contributed by atoms with Crippen molar-refractivity contribution in [1.29, 1.82) is 0 Å². The van der Waals surface area contributed by atoms with Crippen LogP contribution in [0.5, 0.6) is 0 Å². The van der Waals surface area contributed by atoms with Crippen molar-refractivity contribution < 1.29 is 23.5 Å². The summed E-state index contributed by atoms with van der Waals surface area (Å²) in [5.74, 6) is -1.16. The number of rotatable bonds is 9. The summed E-state index contributed by atoms with van der Waals surface area (Å²) in [5.41, 5.74) is 0.797. The fourth-order valence-corrected chi connectivity index (χ4v) is 3.62. The Balaban J connectivity index is 1.49. The number of esters is 1. The molecule has 3 aromatic rings. The molecule has 172 valence electrons. The minimum absolute atomic E-state index is 0.0187. The molecule has 0 fully saturated rings. The zero-order valence-electron chi connectivity index (χ0n) is 18.0. The predicted octanol–water partition coefficient (Wildman–Crippen LogP) is 2.44. The van der Waals surface area contributed by atoms with Gasteiger partial charge in [0.1, 0.15) is 11.6 Å². The summed E-state index contributed by atoms with van der Waals surface area (Å²) >= 11 is 1.20. The number of anilines is 1. The van der Waals surface area contributed by atoms with E-state index in [9.17, 15) is 18.8 Å². The molecule has 0 spiro atoms. The van der Waals surface area contributed by atoms with Crippen molar-refractivity contribution in [3.05, 3.63) is 71.3 Å². The number of ether oxygens (including phenoxy) is 1. The van der Waals surface area contributed by atoms with Crippen LogP contribution in [0.2, 0.25) is 0 Å². The van der Waals surface area contributed by atoms with Gasteiger partial charge in [-0.25, -0.2) is 9.18 Å². The third-order valence-electron chi connectivity index (χ3n) is 4.58. The summed E-state index contributed by atoms with van der Waals surface area (Å²) in [5, 5.41) is 14.1. The maximum atomic E-state index is 13.7. The van der Waals surface area contributed by atoms with Crippen molar-refractivity contribution in [3.8, 4) is 0 Å². The van der Waals surface area contributed by atoms with Gasteiger partial charge in [0.2, 0.25) is 5.91 Å². The van der Waals surface area contributed by atoms with Crippen LogP contribution in [0.15, 0.2) is 53.7 Å². The molecule has 0 aliphatic heterocycles. The first-order valence-corrected chi connectivity index (χ1v) is 10.9. The van der Waals surface area contributed by atoms with Crippen molar-refractivity contribution in [2.75, 3.05) is 24.7 Å². The van der Waals surface area contributed by atoms with E-state index in [4.69, 9.17) is 0 Å². The lowest BCUT2D eigenvalue weighted by molar-refractivity contribution is -0.113. The first kappa shape index (κ1) is 23.9. The minimum atomic E-state index is -0.581. The van der Waals surface area contributed by atoms with E-state index >= 15 is 0 Å². The molecule has 0 saturated carbocycles. The van der Waals surface area contributed by atoms with Gasteiger partial charge in [0.05, 0.1) is 24.0 Å². The second-order valence-corrected chi connectivity index (χ2v) is 7.80. The quantitative estimate of drug-likeness (QED) is 0.364. The number of carbonyl (C=O) groups excluding carboxylic acids is 3. The van der Waals surface area contributed by atoms with Crippen molar-refractivity contribution in [1.82, 2.24) is 20.1 Å². The van der Waals surface area contributed by atoms with E-state index in [1.165, 1.54) is 43.1 Å². The lowest BCUT2D eigenvalue weighted by Crippen LogP contribution is -2.27. The van der Waals surface area contributed by atoms with Gasteiger partial charge in [-0.2, -0.15) is 0 Å². The van der Waals surface area contributed by atoms with Crippen LogP contribution < -0.4 is 10.6 Å². The van der Waals surface area contributed by atoms with Gasteiger partial charge < -0.3 is 19.9 Å². The molecular formula is C22H22FN5O4S. The number of nitrogens with zero attached hydrogens (tertiary/aromatic N) is 3. The number of halogens is 1. The van der Waals surface area contributed by atoms with Gasteiger partial charge in [0.25, 0.3) is 5.91 Å². The van der Waals surface area contributed by atoms with Gasteiger partial charge in [-0.05, 0) is 30.3 Å². The molecule has 3 rings (SSSR count). The number of thioether (sulfide) groups is 1. The molecule has 0 unspecified atom stereocenters. The summed E-state index contributed by atoms with van der Waals surface area (Å²) in [7, 11) is 3.05. The van der Waals surface area contributed by atoms with E-state index in [2.05, 4.69) is 25.6 Å². The van der Waals surface area contributed by atoms with Crippen molar-refractivity contribution in [3.63, 3.8) is 0 Å². The molecule has 0 saturated heterocycles. The van der Waals surface area contributed by atoms with Crippen LogP contribution in [0.1, 0.15) is 26.5 Å². The van der Waals surface area contributed by atoms with Crippen molar-refractivity contribution in [2.24, 2.45) is 7.05 Å². The molecule has 0 atom stereocenters. The number of nitrogens with one attached hydrogen (secondary N) is 2. The van der Waals surface area contributed by atoms with E-state index in [0.29, 0.717) is 28.7 Å². The SMILES string of the molecule is COC(=O)c1cccc(NC(=O)CSc2nnc(CCNC(=O)c3ccccc3F)n2C)c1. The lowest BCUT2D eigenvalue weighted by atomic mass is 10.2. The van der Waals surface area contributed by atoms with Crippen LogP contribution in [0, 0.1) is 5.82 Å². The standard InChI is InChI=1S/C22H22FN5O4S/c1-28-18(10-11-24-20(30)16-8-3-4-9-17(16)23)26-27-22(28)33-13-19(29)25-15-7-5-6-14(12-15)21(31)32-2/h3-9,12H,10-11,13H2,1-2H3,(H,24,30)(H,25,29). The third-order valence-corrected chi connectivity index (χ3v) is 5.60. The molecule has 9 nitrogen and oxygen atoms in total. The molecule has 0 aliphatic rings. The Labute approximate surface area is 193 Å². The van der Waals surface area contributed by atoms with E-state index in [-0.39, 0.29) is 23.8 Å². The molecule has 2 aromatic carbocycles. The van der Waals surface area contributed by atoms with E-state index in [1.54, 1.807) is 35.9 Å². The molecule has 1 heterocycles. The lowest BCUT2D eigenvalue weighted by Gasteiger charge is -2.07. The van der Waals surface area contributed by atoms with Crippen molar-refractivity contribution >= 4 is 35.2 Å². The van der Waals surface area contributed by atoms with Gasteiger partial charge in [0, 0.05) is 25.7 Å². The van der Waals surface area contributed by atoms with Gasteiger partial charge >= 0.3 is 5.97 Å². The number of aromatic nitrogens is 3. The highest BCUT2D eigenvalue weighted by Crippen LogP contribution is 2.17. The molecule has 0 radical (unpaired) electrons. The summed E-state index contributed by atoms with van der Waals surface area (Å²) < 4.78 is 20.1. The van der Waals surface area contributed by atoms with Gasteiger partial charge in [-0.3, -0.25) is 9.59 Å². The smallest absolute Gasteiger partial charge is 0.337 e. The summed E-state index contributed by atoms with van der Waals surface area (Å²) in [6.07, 6.45) is 0.386. The normalized spacial score (nSPS) is 10.5. The molecule has 2 amide bonds. The largest absolute Gasteiger partial charge is 0.465 e. The van der Waals surface area contributed by atoms with Gasteiger partial charge in [0.15, 0.2) is 5.16 Å². The number of methoxy groups -OCH3 is 1. The van der Waals surface area contributed by atoms with Gasteiger partial charge in [-0.1, -0.05) is 30.0 Å². The van der Waals surface area contributed by atoms with E-state index < -0.39 is 17.7 Å². The number of carbonyl (C=O) groups is 3. The van der Waals surface area contributed by atoms with Crippen molar-refractivity contribution in [2.45, 2.75) is 11.6 Å². The molecular weight excluding hydrogens is 449 g/mol. The molecule has 1 aromatic heterocycles. The highest BCUT2D eigenvalue weighted by atomic mass is 32.2. The number of hydrogen-bond acceptors (Lipinski definition) is 7. The molecule has 0 aliphatic carbocycles. The summed E-state index contributed by atoms with van der Waals surface area (Å²) in [6.45, 7) is 0.251. The Morgan fingerprint density at radius 1 is 1.12 bits per heavy atom. The van der Waals surface area contributed by atoms with Crippen LogP contribution in [-0.2, 0) is 23.0 Å². The predicted molar refractivity (Wildman–Crippen MR) is 121 cm³/mol. The molecule has 11 heteroatoms. The molecule has 2 N–H and O–H groups in total. The van der Waals surface area contributed by atoms with Crippen LogP contribution in [0.3, 0.4) is 0 Å². The monoisotopic (exact) mass is 471 g/mol. The van der Waals surface area contributed by atoms with Crippen LogP contribution in [0.25, 0.3) is 0 Å². The highest BCUT2D eigenvalue weighted by Gasteiger charge is 2.14. The minimum Gasteiger partial charge on any atom is -0.465 e. The number of hydrogen-bond donors (Lipinski definition) is 2. The Kier molecular flexibility index (Phi) is 8.14. The summed E-state index contributed by atoms with van der Waals surface area (Å²) in [6, 6.07) is 12.2. The third kappa shape index (κ3) is 6.39. The maximum absolute atomic E-state index is 13.7. The fraction of sp³-hybridized carbons (Fsp3) is 0.227. The average Bonchev–Trinajstić information content (AvgIpc) is 3.16. The van der Waals surface area contributed by atoms with E-state index in [0.717, 1.165) is 0 Å². The zero-order valence-corrected chi connectivity index (χ0v) is 18.8. The zero-order chi connectivity index (χ0) is 23.8. The second kappa shape index (κ2) is 11.2. The first-order chi connectivity index (χ1) is 15.9. The first-order valence-electron chi connectivity index (χ1n) is 9.91. The second-order valence-electron chi connectivity index (χ2n) is 6.85.